The minimum atomic E-state index is -0.148. The highest BCUT2D eigenvalue weighted by atomic mass is 14.9. The molecule has 0 aromatic carbocycles. The Kier molecular flexibility index (Phi) is 2.12. The quantitative estimate of drug-likeness (QED) is 0.683. The maximum absolute atomic E-state index is 5.96. The van der Waals surface area contributed by atoms with Gasteiger partial charge in [-0.1, -0.05) is 0 Å². The summed E-state index contributed by atoms with van der Waals surface area (Å²) in [4.78, 5) is 10.8. The zero-order valence-electron chi connectivity index (χ0n) is 7.01. The fourth-order valence-corrected chi connectivity index (χ4v) is 1.19. The smallest absolute Gasteiger partial charge is 0.0921 e. The first-order valence-electron chi connectivity index (χ1n) is 4.01. The van der Waals surface area contributed by atoms with Crippen molar-refractivity contribution >= 4 is 7.85 Å². The van der Waals surface area contributed by atoms with E-state index in [2.05, 4.69) is 15.0 Å². The lowest BCUT2D eigenvalue weighted by molar-refractivity contribution is 1.05. The Morgan fingerprint density at radius 1 is 1.23 bits per heavy atom. The lowest BCUT2D eigenvalue weighted by Crippen LogP contribution is -2.00. The zero-order valence-corrected chi connectivity index (χ0v) is 7.01. The number of nitrogens with zero attached hydrogens (tertiary/aromatic N) is 2. The molecule has 0 fully saturated rings. The Morgan fingerprint density at radius 2 is 2.00 bits per heavy atom. The number of H-pyrrole nitrogens is 1. The van der Waals surface area contributed by atoms with Gasteiger partial charge >= 0.3 is 0 Å². The first-order valence-corrected chi connectivity index (χ1v) is 4.01. The van der Waals surface area contributed by atoms with E-state index in [1.54, 1.807) is 24.9 Å². The summed E-state index contributed by atoms with van der Waals surface area (Å²) in [6.07, 6.45) is 6.80. The molecule has 1 unspecified atom stereocenters. The number of aromatic nitrogens is 3. The highest BCUT2D eigenvalue weighted by Gasteiger charge is 2.07. The van der Waals surface area contributed by atoms with Gasteiger partial charge in [0.15, 0.2) is 0 Å². The van der Waals surface area contributed by atoms with Gasteiger partial charge in [-0.25, -0.2) is 4.98 Å². The van der Waals surface area contributed by atoms with Gasteiger partial charge in [-0.05, 0) is 23.5 Å². The maximum atomic E-state index is 5.96. The van der Waals surface area contributed by atoms with Crippen LogP contribution in [0.15, 0.2) is 37.1 Å². The van der Waals surface area contributed by atoms with Gasteiger partial charge in [0.1, 0.15) is 0 Å². The van der Waals surface area contributed by atoms with Crippen LogP contribution in [0.1, 0.15) is 17.1 Å². The molecule has 0 saturated heterocycles. The summed E-state index contributed by atoms with van der Waals surface area (Å²) in [7, 11) is 5.96. The van der Waals surface area contributed by atoms with Crippen molar-refractivity contribution in [1.82, 2.24) is 15.0 Å². The molecule has 2 aromatic rings. The monoisotopic (exact) mass is 169 g/mol. The molecule has 0 saturated carbocycles. The highest BCUT2D eigenvalue weighted by Crippen LogP contribution is 2.17. The molecule has 3 nitrogen and oxygen atoms in total. The molecule has 2 rings (SSSR count). The van der Waals surface area contributed by atoms with E-state index in [1.807, 2.05) is 12.1 Å². The molecule has 1 N–H and O–H groups in total. The van der Waals surface area contributed by atoms with Crippen molar-refractivity contribution in [2.75, 3.05) is 0 Å². The van der Waals surface area contributed by atoms with Gasteiger partial charge in [-0.15, -0.1) is 0 Å². The first kappa shape index (κ1) is 8.04. The lowest BCUT2D eigenvalue weighted by Gasteiger charge is -2.08. The fourth-order valence-electron chi connectivity index (χ4n) is 1.19. The summed E-state index contributed by atoms with van der Waals surface area (Å²) in [6.45, 7) is 0. The second-order valence-corrected chi connectivity index (χ2v) is 2.77. The van der Waals surface area contributed by atoms with Gasteiger partial charge in [0.2, 0.25) is 0 Å². The molecule has 2 heterocycles. The lowest BCUT2D eigenvalue weighted by atomic mass is 9.79. The Balaban J connectivity index is 2.29. The molecule has 13 heavy (non-hydrogen) atoms. The van der Waals surface area contributed by atoms with Crippen molar-refractivity contribution in [2.24, 2.45) is 0 Å². The van der Waals surface area contributed by atoms with Crippen LogP contribution >= 0.6 is 0 Å². The predicted molar refractivity (Wildman–Crippen MR) is 50.4 cm³/mol. The van der Waals surface area contributed by atoms with Crippen LogP contribution < -0.4 is 0 Å². The van der Waals surface area contributed by atoms with Crippen molar-refractivity contribution in [2.45, 2.75) is 5.82 Å². The second kappa shape index (κ2) is 3.43. The molecule has 0 aliphatic carbocycles. The van der Waals surface area contributed by atoms with Gasteiger partial charge in [-0.2, -0.15) is 0 Å². The molecular weight excluding hydrogens is 161 g/mol. The Labute approximate surface area is 77.7 Å². The van der Waals surface area contributed by atoms with Gasteiger partial charge < -0.3 is 4.98 Å². The Morgan fingerprint density at radius 3 is 2.62 bits per heavy atom. The van der Waals surface area contributed by atoms with Crippen molar-refractivity contribution in [3.8, 4) is 0 Å². The largest absolute Gasteiger partial charge is 0.349 e. The van der Waals surface area contributed by atoms with Crippen molar-refractivity contribution in [3.63, 3.8) is 0 Å². The minimum Gasteiger partial charge on any atom is -0.349 e. The van der Waals surface area contributed by atoms with Crippen LogP contribution in [-0.2, 0) is 0 Å². The van der Waals surface area contributed by atoms with Crippen molar-refractivity contribution < 1.29 is 0 Å². The van der Waals surface area contributed by atoms with E-state index >= 15 is 0 Å². The van der Waals surface area contributed by atoms with Crippen LogP contribution in [0.2, 0.25) is 0 Å². The van der Waals surface area contributed by atoms with E-state index in [9.17, 15) is 0 Å². The summed E-state index contributed by atoms with van der Waals surface area (Å²) >= 11 is 0. The molecule has 0 aliphatic heterocycles. The predicted octanol–water partition coefficient (Wildman–Crippen LogP) is 1.06. The summed E-state index contributed by atoms with van der Waals surface area (Å²) in [5, 5.41) is 0. The van der Waals surface area contributed by atoms with E-state index in [0.717, 1.165) is 11.3 Å². The fraction of sp³-hybridized carbons (Fsp3) is 0.111. The maximum Gasteiger partial charge on any atom is 0.0921 e. The first-order chi connectivity index (χ1) is 6.38. The molecular formula is C9H8BN3. The van der Waals surface area contributed by atoms with Crippen LogP contribution in [0.3, 0.4) is 0 Å². The molecule has 4 heteroatoms. The molecule has 1 atom stereocenters. The van der Waals surface area contributed by atoms with Crippen LogP contribution in [0.4, 0.5) is 0 Å². The number of hydrogen-bond acceptors (Lipinski definition) is 2. The summed E-state index contributed by atoms with van der Waals surface area (Å²) in [5.74, 6) is -0.148. The molecule has 0 spiro atoms. The topological polar surface area (TPSA) is 41.6 Å². The van der Waals surface area contributed by atoms with E-state index in [0.29, 0.717) is 0 Å². The molecule has 0 bridgehead atoms. The molecule has 0 aliphatic rings. The number of aromatic amines is 1. The number of rotatable bonds is 2. The number of imidazole rings is 1. The van der Waals surface area contributed by atoms with Crippen LogP contribution in [0.5, 0.6) is 0 Å². The van der Waals surface area contributed by atoms with Crippen molar-refractivity contribution in [1.29, 1.82) is 0 Å². The average molecular weight is 169 g/mol. The zero-order chi connectivity index (χ0) is 9.10. The normalized spacial score (nSPS) is 12.6. The third-order valence-electron chi connectivity index (χ3n) is 1.92. The molecule has 2 radical (unpaired) electrons. The Bertz CT molecular complexity index is 358. The van der Waals surface area contributed by atoms with E-state index in [1.165, 1.54) is 0 Å². The van der Waals surface area contributed by atoms with Gasteiger partial charge in [0, 0.05) is 24.3 Å². The highest BCUT2D eigenvalue weighted by molar-refractivity contribution is 6.14. The van der Waals surface area contributed by atoms with E-state index in [-0.39, 0.29) is 5.82 Å². The number of pyridine rings is 1. The average Bonchev–Trinajstić information content (AvgIpc) is 2.71. The third-order valence-corrected chi connectivity index (χ3v) is 1.92. The molecule has 2 aromatic heterocycles. The molecule has 62 valence electrons. The van der Waals surface area contributed by atoms with E-state index < -0.39 is 0 Å². The van der Waals surface area contributed by atoms with Crippen molar-refractivity contribution in [3.05, 3.63) is 48.3 Å². The van der Waals surface area contributed by atoms with E-state index in [4.69, 9.17) is 7.85 Å². The number of nitrogens with one attached hydrogen (secondary N) is 1. The van der Waals surface area contributed by atoms with Crippen LogP contribution in [0.25, 0.3) is 0 Å². The molecule has 0 amide bonds. The summed E-state index contributed by atoms with van der Waals surface area (Å²) in [5.41, 5.74) is 1.94. The van der Waals surface area contributed by atoms with Gasteiger partial charge in [0.25, 0.3) is 0 Å². The van der Waals surface area contributed by atoms with Crippen LogP contribution in [0, 0.1) is 0 Å². The summed E-state index contributed by atoms with van der Waals surface area (Å²) in [6, 6.07) is 3.79. The SMILES string of the molecule is [B]C(c1ccncc1)c1cnc[nH]1. The second-order valence-electron chi connectivity index (χ2n) is 2.77. The number of hydrogen-bond donors (Lipinski definition) is 1. The summed E-state index contributed by atoms with van der Waals surface area (Å²) < 4.78 is 0. The Hall–Kier alpha value is -1.58. The minimum absolute atomic E-state index is 0.148. The third kappa shape index (κ3) is 1.61. The van der Waals surface area contributed by atoms with Gasteiger partial charge in [0.05, 0.1) is 14.2 Å². The van der Waals surface area contributed by atoms with Gasteiger partial charge in [-0.3, -0.25) is 4.98 Å². The standard InChI is InChI=1S/C9H8BN3/c10-9(8-5-12-6-13-8)7-1-3-11-4-2-7/h1-6,9H,(H,12,13). The van der Waals surface area contributed by atoms with Crippen LogP contribution in [-0.4, -0.2) is 22.8 Å².